The summed E-state index contributed by atoms with van der Waals surface area (Å²) < 4.78 is 5.31. The number of halogens is 2. The molecule has 0 saturated carbocycles. The monoisotopic (exact) mass is 449 g/mol. The normalized spacial score (nSPS) is 25.7. The van der Waals surface area contributed by atoms with E-state index in [9.17, 15) is 14.7 Å². The number of carbonyl (C=O) groups is 2. The Morgan fingerprint density at radius 2 is 1.97 bits per heavy atom. The van der Waals surface area contributed by atoms with Crippen LogP contribution in [0.4, 0.5) is 11.4 Å². The average molecular weight is 450 g/mol. The molecule has 2 amide bonds. The van der Waals surface area contributed by atoms with Crippen LogP contribution in [0, 0.1) is 5.92 Å². The number of amides is 2. The van der Waals surface area contributed by atoms with Crippen LogP contribution < -0.4 is 20.7 Å². The van der Waals surface area contributed by atoms with Gasteiger partial charge in [0, 0.05) is 27.3 Å². The molecule has 2 aromatic rings. The third kappa shape index (κ3) is 3.32. The van der Waals surface area contributed by atoms with Crippen molar-refractivity contribution in [1.82, 2.24) is 5.32 Å². The lowest BCUT2D eigenvalue weighted by Gasteiger charge is -2.29. The molecule has 0 aromatic heterocycles. The Morgan fingerprint density at radius 3 is 2.67 bits per heavy atom. The van der Waals surface area contributed by atoms with Gasteiger partial charge in [0.2, 0.25) is 11.8 Å². The molecule has 0 unspecified atom stereocenters. The smallest absolute Gasteiger partial charge is 0.250 e. The molecule has 158 valence electrons. The van der Waals surface area contributed by atoms with Gasteiger partial charge in [0.1, 0.15) is 11.3 Å². The molecule has 4 rings (SSSR count). The largest absolute Gasteiger partial charge is 0.495 e. The molecule has 0 aliphatic carbocycles. The second-order valence-electron chi connectivity index (χ2n) is 7.57. The summed E-state index contributed by atoms with van der Waals surface area (Å²) in [6.45, 7) is 1.62. The summed E-state index contributed by atoms with van der Waals surface area (Å²) in [4.78, 5) is 26.6. The maximum Gasteiger partial charge on any atom is 0.250 e. The highest BCUT2D eigenvalue weighted by Crippen LogP contribution is 2.48. The van der Waals surface area contributed by atoms with Crippen molar-refractivity contribution in [3.05, 3.63) is 52.0 Å². The van der Waals surface area contributed by atoms with Gasteiger partial charge in [-0.15, -0.1) is 0 Å². The van der Waals surface area contributed by atoms with Crippen molar-refractivity contribution in [2.24, 2.45) is 5.92 Å². The van der Waals surface area contributed by atoms with Crippen molar-refractivity contribution in [3.8, 4) is 5.75 Å². The Morgan fingerprint density at radius 1 is 1.27 bits per heavy atom. The number of aliphatic hydroxyl groups is 1. The van der Waals surface area contributed by atoms with Crippen LogP contribution in [0.3, 0.4) is 0 Å². The Hall–Kier alpha value is -2.32. The molecule has 30 heavy (non-hydrogen) atoms. The minimum atomic E-state index is -1.35. The summed E-state index contributed by atoms with van der Waals surface area (Å²) in [6.07, 6.45) is -0.511. The molecule has 4 N–H and O–H groups in total. The third-order valence-corrected chi connectivity index (χ3v) is 6.23. The topological polar surface area (TPSA) is 99.7 Å². The van der Waals surface area contributed by atoms with Gasteiger partial charge in [0.05, 0.1) is 24.8 Å². The van der Waals surface area contributed by atoms with E-state index < -0.39 is 29.5 Å². The number of methoxy groups -OCH3 is 1. The van der Waals surface area contributed by atoms with E-state index >= 15 is 0 Å². The number of benzene rings is 2. The molecule has 1 fully saturated rings. The first-order valence-electron chi connectivity index (χ1n) is 9.48. The highest BCUT2D eigenvalue weighted by molar-refractivity contribution is 6.31. The molecule has 4 atom stereocenters. The van der Waals surface area contributed by atoms with E-state index in [-0.39, 0.29) is 12.3 Å². The van der Waals surface area contributed by atoms with Crippen molar-refractivity contribution in [1.29, 1.82) is 0 Å². The lowest BCUT2D eigenvalue weighted by atomic mass is 9.79. The SMILES string of the molecule is COc1ccc(Cl)cc1NC(=O)[C@@H]1C[C@H]([C@@H](C)O)N[C@@]12C(=O)Nc1ccc(Cl)cc12. The summed E-state index contributed by atoms with van der Waals surface area (Å²) in [5.41, 5.74) is 0.218. The van der Waals surface area contributed by atoms with Crippen molar-refractivity contribution in [2.45, 2.75) is 31.0 Å². The lowest BCUT2D eigenvalue weighted by molar-refractivity contribution is -0.130. The fourth-order valence-corrected chi connectivity index (χ4v) is 4.63. The van der Waals surface area contributed by atoms with E-state index in [1.807, 2.05) is 0 Å². The number of hydrogen-bond donors (Lipinski definition) is 4. The first kappa shape index (κ1) is 20.9. The van der Waals surface area contributed by atoms with Gasteiger partial charge in [-0.25, -0.2) is 0 Å². The maximum absolute atomic E-state index is 13.4. The van der Waals surface area contributed by atoms with Crippen LogP contribution in [0.5, 0.6) is 5.75 Å². The van der Waals surface area contributed by atoms with E-state index in [0.29, 0.717) is 32.7 Å². The van der Waals surface area contributed by atoms with Gasteiger partial charge >= 0.3 is 0 Å². The number of nitrogens with one attached hydrogen (secondary N) is 3. The Kier molecular flexibility index (Phi) is 5.40. The minimum absolute atomic E-state index is 0.256. The van der Waals surface area contributed by atoms with E-state index in [2.05, 4.69) is 16.0 Å². The third-order valence-electron chi connectivity index (χ3n) is 5.76. The number of carbonyl (C=O) groups excluding carboxylic acids is 2. The van der Waals surface area contributed by atoms with E-state index in [1.54, 1.807) is 43.3 Å². The van der Waals surface area contributed by atoms with Crippen LogP contribution in [0.2, 0.25) is 10.0 Å². The lowest BCUT2D eigenvalue weighted by Crippen LogP contribution is -2.53. The fraction of sp³-hybridized carbons (Fsp3) is 0.333. The van der Waals surface area contributed by atoms with Gasteiger partial charge in [-0.1, -0.05) is 23.2 Å². The molecule has 9 heteroatoms. The summed E-state index contributed by atoms with van der Waals surface area (Å²) in [7, 11) is 1.49. The zero-order valence-corrected chi connectivity index (χ0v) is 17.8. The van der Waals surface area contributed by atoms with Crippen LogP contribution >= 0.6 is 23.2 Å². The first-order valence-corrected chi connectivity index (χ1v) is 10.2. The predicted octanol–water partition coefficient (Wildman–Crippen LogP) is 3.15. The number of ether oxygens (including phenoxy) is 1. The van der Waals surface area contributed by atoms with Crippen molar-refractivity contribution in [3.63, 3.8) is 0 Å². The second kappa shape index (κ2) is 7.74. The van der Waals surface area contributed by atoms with Crippen LogP contribution in [0.15, 0.2) is 36.4 Å². The molecule has 2 aromatic carbocycles. The number of anilines is 2. The van der Waals surface area contributed by atoms with Crippen molar-refractivity contribution < 1.29 is 19.4 Å². The van der Waals surface area contributed by atoms with Gasteiger partial charge in [-0.2, -0.15) is 0 Å². The number of fused-ring (bicyclic) bond motifs is 2. The number of aliphatic hydroxyl groups excluding tert-OH is 1. The van der Waals surface area contributed by atoms with E-state index in [1.165, 1.54) is 7.11 Å². The standard InChI is InChI=1S/C21H21Cl2N3O4/c1-10(27)16-9-14(19(28)24-17-8-12(23)4-6-18(17)30-2)21(26-16)13-7-11(22)3-5-15(13)25-20(21)29/h3-8,10,14,16,26-27H,9H2,1-2H3,(H,24,28)(H,25,29)/t10-,14+,16-,21-/m1/s1. The van der Waals surface area contributed by atoms with E-state index in [4.69, 9.17) is 27.9 Å². The molecule has 0 radical (unpaired) electrons. The van der Waals surface area contributed by atoms with Gasteiger partial charge in [-0.05, 0) is 49.7 Å². The highest BCUT2D eigenvalue weighted by Gasteiger charge is 2.60. The van der Waals surface area contributed by atoms with Gasteiger partial charge in [-0.3, -0.25) is 14.9 Å². The zero-order valence-electron chi connectivity index (χ0n) is 16.3. The molecular formula is C21H21Cl2N3O4. The molecule has 1 spiro atoms. The minimum Gasteiger partial charge on any atom is -0.495 e. The molecule has 2 aliphatic rings. The van der Waals surface area contributed by atoms with Gasteiger partial charge < -0.3 is 20.5 Å². The predicted molar refractivity (Wildman–Crippen MR) is 115 cm³/mol. The number of rotatable bonds is 4. The van der Waals surface area contributed by atoms with Gasteiger partial charge in [0.15, 0.2) is 0 Å². The molecular weight excluding hydrogens is 429 g/mol. The molecule has 7 nitrogen and oxygen atoms in total. The fourth-order valence-electron chi connectivity index (χ4n) is 4.29. The van der Waals surface area contributed by atoms with Crippen molar-refractivity contribution in [2.75, 3.05) is 17.7 Å². The molecule has 2 aliphatic heterocycles. The maximum atomic E-state index is 13.4. The quantitative estimate of drug-likeness (QED) is 0.574. The van der Waals surface area contributed by atoms with Crippen molar-refractivity contribution >= 4 is 46.4 Å². The second-order valence-corrected chi connectivity index (χ2v) is 8.44. The number of hydrogen-bond acceptors (Lipinski definition) is 5. The first-order chi connectivity index (χ1) is 14.3. The Bertz CT molecular complexity index is 1030. The van der Waals surface area contributed by atoms with Crippen LogP contribution in [0.1, 0.15) is 18.9 Å². The molecule has 2 heterocycles. The Balaban J connectivity index is 1.76. The van der Waals surface area contributed by atoms with Crippen LogP contribution in [-0.4, -0.2) is 36.2 Å². The summed E-state index contributed by atoms with van der Waals surface area (Å²) in [5.74, 6) is -1.12. The highest BCUT2D eigenvalue weighted by atomic mass is 35.5. The van der Waals surface area contributed by atoms with Crippen LogP contribution in [0.25, 0.3) is 0 Å². The molecule has 1 saturated heterocycles. The Labute approximate surface area is 183 Å². The summed E-state index contributed by atoms with van der Waals surface area (Å²) >= 11 is 12.3. The molecule has 0 bridgehead atoms. The van der Waals surface area contributed by atoms with Gasteiger partial charge in [0.25, 0.3) is 0 Å². The average Bonchev–Trinajstić information content (AvgIpc) is 3.23. The summed E-state index contributed by atoms with van der Waals surface area (Å²) in [5, 5.41) is 20.0. The van der Waals surface area contributed by atoms with E-state index in [0.717, 1.165) is 0 Å². The zero-order chi connectivity index (χ0) is 21.6. The van der Waals surface area contributed by atoms with Crippen LogP contribution in [-0.2, 0) is 15.1 Å². The summed E-state index contributed by atoms with van der Waals surface area (Å²) in [6, 6.07) is 9.48.